The molecule has 1 aliphatic carbocycles. The van der Waals surface area contributed by atoms with Crippen LogP contribution in [0.1, 0.15) is 58.8 Å². The Balaban J connectivity index is 1.56. The van der Waals surface area contributed by atoms with Crippen LogP contribution in [0, 0.1) is 5.92 Å². The van der Waals surface area contributed by atoms with Crippen molar-refractivity contribution >= 4 is 5.91 Å². The van der Waals surface area contributed by atoms with Crippen LogP contribution in [0.4, 0.5) is 0 Å². The van der Waals surface area contributed by atoms with Crippen LogP contribution in [-0.2, 0) is 4.79 Å². The molecule has 102 valence electrons. The highest BCUT2D eigenvalue weighted by Gasteiger charge is 2.38. The van der Waals surface area contributed by atoms with E-state index in [-0.39, 0.29) is 0 Å². The van der Waals surface area contributed by atoms with Crippen LogP contribution >= 0.6 is 0 Å². The molecule has 3 aliphatic rings. The highest BCUT2D eigenvalue weighted by Crippen LogP contribution is 2.35. The fraction of sp³-hybridized carbons (Fsp3) is 0.933. The Morgan fingerprint density at radius 3 is 2.28 bits per heavy atom. The number of hydrogen-bond donors (Lipinski definition) is 1. The van der Waals surface area contributed by atoms with Gasteiger partial charge in [0.15, 0.2) is 0 Å². The van der Waals surface area contributed by atoms with Crippen molar-refractivity contribution in [3.63, 3.8) is 0 Å². The minimum atomic E-state index is 0.378. The Labute approximate surface area is 110 Å². The van der Waals surface area contributed by atoms with Gasteiger partial charge in [0.2, 0.25) is 5.91 Å². The molecule has 2 bridgehead atoms. The van der Waals surface area contributed by atoms with Crippen LogP contribution in [-0.4, -0.2) is 35.0 Å². The molecule has 2 aliphatic heterocycles. The molecule has 0 radical (unpaired) electrons. The maximum absolute atomic E-state index is 12.5. The van der Waals surface area contributed by atoms with Crippen LogP contribution in [0.15, 0.2) is 0 Å². The standard InChI is InChI=1S/C15H26N2O/c1-10(2)17(14-5-6-14)15(18)9-11-7-12-3-4-13(8-11)16-12/h10-14,16H,3-9H2,1-2H3. The number of amides is 1. The van der Waals surface area contributed by atoms with Crippen molar-refractivity contribution in [2.45, 2.75) is 83.0 Å². The van der Waals surface area contributed by atoms with Crippen molar-refractivity contribution in [3.8, 4) is 0 Å². The van der Waals surface area contributed by atoms with Crippen molar-refractivity contribution in [2.75, 3.05) is 0 Å². The fourth-order valence-corrected chi connectivity index (χ4v) is 3.96. The van der Waals surface area contributed by atoms with E-state index in [1.54, 1.807) is 0 Å². The zero-order valence-corrected chi connectivity index (χ0v) is 11.7. The lowest BCUT2D eigenvalue weighted by atomic mass is 9.89. The van der Waals surface area contributed by atoms with Gasteiger partial charge in [-0.1, -0.05) is 0 Å². The first-order chi connectivity index (χ1) is 8.63. The van der Waals surface area contributed by atoms with E-state index in [0.717, 1.165) is 6.42 Å². The highest BCUT2D eigenvalue weighted by atomic mass is 16.2. The minimum absolute atomic E-state index is 0.378. The molecule has 2 heterocycles. The topological polar surface area (TPSA) is 32.3 Å². The lowest BCUT2D eigenvalue weighted by Gasteiger charge is -2.32. The summed E-state index contributed by atoms with van der Waals surface area (Å²) in [4.78, 5) is 14.6. The van der Waals surface area contributed by atoms with Crippen molar-refractivity contribution < 1.29 is 4.79 Å². The van der Waals surface area contributed by atoms with Gasteiger partial charge in [-0.3, -0.25) is 4.79 Å². The molecule has 2 atom stereocenters. The summed E-state index contributed by atoms with van der Waals surface area (Å²) in [5.74, 6) is 1.05. The third kappa shape index (κ3) is 2.56. The van der Waals surface area contributed by atoms with Crippen molar-refractivity contribution in [3.05, 3.63) is 0 Å². The number of carbonyl (C=O) groups excluding carboxylic acids is 1. The van der Waals surface area contributed by atoms with Gasteiger partial charge < -0.3 is 10.2 Å². The summed E-state index contributed by atoms with van der Waals surface area (Å²) in [5, 5.41) is 3.66. The first-order valence-corrected chi connectivity index (χ1v) is 7.70. The van der Waals surface area contributed by atoms with Gasteiger partial charge in [0.25, 0.3) is 0 Å². The molecule has 2 unspecified atom stereocenters. The van der Waals surface area contributed by atoms with E-state index < -0.39 is 0 Å². The first-order valence-electron chi connectivity index (χ1n) is 7.70. The van der Waals surface area contributed by atoms with Crippen molar-refractivity contribution in [1.29, 1.82) is 0 Å². The van der Waals surface area contributed by atoms with E-state index in [9.17, 15) is 4.79 Å². The van der Waals surface area contributed by atoms with Gasteiger partial charge in [-0.2, -0.15) is 0 Å². The summed E-state index contributed by atoms with van der Waals surface area (Å²) in [6.07, 6.45) is 8.33. The second kappa shape index (κ2) is 4.84. The van der Waals surface area contributed by atoms with Gasteiger partial charge in [0, 0.05) is 30.6 Å². The zero-order valence-electron chi connectivity index (χ0n) is 11.7. The van der Waals surface area contributed by atoms with Crippen molar-refractivity contribution in [1.82, 2.24) is 10.2 Å². The molecule has 1 amide bonds. The number of carbonyl (C=O) groups is 1. The van der Waals surface area contributed by atoms with Gasteiger partial charge in [-0.25, -0.2) is 0 Å². The average molecular weight is 250 g/mol. The molecule has 1 saturated carbocycles. The zero-order chi connectivity index (χ0) is 12.7. The molecule has 3 nitrogen and oxygen atoms in total. The molecule has 3 fully saturated rings. The summed E-state index contributed by atoms with van der Waals surface area (Å²) < 4.78 is 0. The monoisotopic (exact) mass is 250 g/mol. The lowest BCUT2D eigenvalue weighted by molar-refractivity contribution is -0.134. The number of rotatable bonds is 4. The summed E-state index contributed by atoms with van der Waals surface area (Å²) >= 11 is 0. The molecule has 18 heavy (non-hydrogen) atoms. The maximum Gasteiger partial charge on any atom is 0.223 e. The third-order valence-electron chi connectivity index (χ3n) is 4.82. The largest absolute Gasteiger partial charge is 0.337 e. The molecule has 0 spiro atoms. The van der Waals surface area contributed by atoms with E-state index in [0.29, 0.717) is 36.0 Å². The Kier molecular flexibility index (Phi) is 3.35. The average Bonchev–Trinajstić information content (AvgIpc) is 3.04. The first kappa shape index (κ1) is 12.5. The lowest BCUT2D eigenvalue weighted by Crippen LogP contribution is -2.43. The molecule has 0 aromatic rings. The molecular weight excluding hydrogens is 224 g/mol. The molecular formula is C15H26N2O. The second-order valence-electron chi connectivity index (χ2n) is 6.81. The smallest absolute Gasteiger partial charge is 0.223 e. The Morgan fingerprint density at radius 1 is 1.17 bits per heavy atom. The van der Waals surface area contributed by atoms with Gasteiger partial charge in [-0.15, -0.1) is 0 Å². The van der Waals surface area contributed by atoms with E-state index in [4.69, 9.17) is 0 Å². The summed E-state index contributed by atoms with van der Waals surface area (Å²) in [7, 11) is 0. The molecule has 2 saturated heterocycles. The second-order valence-corrected chi connectivity index (χ2v) is 6.81. The Bertz CT molecular complexity index is 310. The van der Waals surface area contributed by atoms with Gasteiger partial charge in [0.1, 0.15) is 0 Å². The SMILES string of the molecule is CC(C)N(C(=O)CC1CC2CCC(C1)N2)C1CC1. The molecule has 0 aromatic carbocycles. The van der Waals surface area contributed by atoms with Gasteiger partial charge in [-0.05, 0) is 58.3 Å². The van der Waals surface area contributed by atoms with E-state index >= 15 is 0 Å². The molecule has 1 N–H and O–H groups in total. The number of nitrogens with zero attached hydrogens (tertiary/aromatic N) is 1. The Hall–Kier alpha value is -0.570. The minimum Gasteiger partial charge on any atom is -0.337 e. The van der Waals surface area contributed by atoms with Crippen LogP contribution in [0.3, 0.4) is 0 Å². The fourth-order valence-electron chi connectivity index (χ4n) is 3.96. The quantitative estimate of drug-likeness (QED) is 0.830. The third-order valence-corrected chi connectivity index (χ3v) is 4.82. The van der Waals surface area contributed by atoms with E-state index in [1.165, 1.54) is 38.5 Å². The number of hydrogen-bond acceptors (Lipinski definition) is 2. The highest BCUT2D eigenvalue weighted by molar-refractivity contribution is 5.77. The predicted octanol–water partition coefficient (Wildman–Crippen LogP) is 2.31. The van der Waals surface area contributed by atoms with E-state index in [1.807, 2.05) is 0 Å². The van der Waals surface area contributed by atoms with Crippen LogP contribution in [0.5, 0.6) is 0 Å². The molecule has 3 heteroatoms. The predicted molar refractivity (Wildman–Crippen MR) is 72.3 cm³/mol. The normalized spacial score (nSPS) is 34.9. The molecule has 3 rings (SSSR count). The number of nitrogens with one attached hydrogen (secondary N) is 1. The van der Waals surface area contributed by atoms with Crippen LogP contribution in [0.25, 0.3) is 0 Å². The van der Waals surface area contributed by atoms with E-state index in [2.05, 4.69) is 24.1 Å². The van der Waals surface area contributed by atoms with Crippen molar-refractivity contribution in [2.24, 2.45) is 5.92 Å². The van der Waals surface area contributed by atoms with Gasteiger partial charge in [0.05, 0.1) is 0 Å². The summed E-state index contributed by atoms with van der Waals surface area (Å²) in [6.45, 7) is 4.31. The summed E-state index contributed by atoms with van der Waals surface area (Å²) in [6, 6.07) is 2.35. The van der Waals surface area contributed by atoms with Crippen LogP contribution < -0.4 is 5.32 Å². The number of piperidine rings is 1. The van der Waals surface area contributed by atoms with Crippen LogP contribution in [0.2, 0.25) is 0 Å². The summed E-state index contributed by atoms with van der Waals surface area (Å²) in [5.41, 5.74) is 0. The van der Waals surface area contributed by atoms with Gasteiger partial charge >= 0.3 is 0 Å². The molecule has 0 aromatic heterocycles. The number of fused-ring (bicyclic) bond motifs is 2. The maximum atomic E-state index is 12.5. The Morgan fingerprint density at radius 2 is 1.78 bits per heavy atom.